The molecule has 66 valence electrons. The quantitative estimate of drug-likeness (QED) is 0.478. The molecule has 3 rings (SSSR count). The summed E-state index contributed by atoms with van der Waals surface area (Å²) in [5, 5.41) is 0. The molecule has 2 saturated carbocycles. The predicted molar refractivity (Wildman–Crippen MR) is 50.9 cm³/mol. The van der Waals surface area contributed by atoms with E-state index >= 15 is 0 Å². The van der Waals surface area contributed by atoms with Crippen molar-refractivity contribution in [1.29, 1.82) is 0 Å². The fourth-order valence-electron chi connectivity index (χ4n) is 3.98. The lowest BCUT2D eigenvalue weighted by Crippen LogP contribution is -2.14. The van der Waals surface area contributed by atoms with Gasteiger partial charge in [0.15, 0.2) is 0 Å². The summed E-state index contributed by atoms with van der Waals surface area (Å²) in [6.07, 6.45) is 7.38. The summed E-state index contributed by atoms with van der Waals surface area (Å²) in [4.78, 5) is 0. The van der Waals surface area contributed by atoms with Crippen LogP contribution in [0.15, 0.2) is 11.1 Å². The first-order valence-electron chi connectivity index (χ1n) is 5.41. The molecule has 12 heavy (non-hydrogen) atoms. The van der Waals surface area contributed by atoms with E-state index in [9.17, 15) is 0 Å². The van der Waals surface area contributed by atoms with E-state index in [1.807, 2.05) is 11.1 Å². The van der Waals surface area contributed by atoms with Gasteiger partial charge in [-0.2, -0.15) is 0 Å². The zero-order chi connectivity index (χ0) is 8.34. The monoisotopic (exact) mass is 162 g/mol. The van der Waals surface area contributed by atoms with Gasteiger partial charge in [0.1, 0.15) is 0 Å². The van der Waals surface area contributed by atoms with Crippen molar-refractivity contribution in [1.82, 2.24) is 0 Å². The van der Waals surface area contributed by atoms with Crippen LogP contribution in [-0.2, 0) is 0 Å². The summed E-state index contributed by atoms with van der Waals surface area (Å²) >= 11 is 0. The van der Waals surface area contributed by atoms with E-state index in [4.69, 9.17) is 0 Å². The maximum Gasteiger partial charge on any atom is -0.0139 e. The third-order valence-electron chi connectivity index (χ3n) is 4.46. The van der Waals surface area contributed by atoms with Crippen molar-refractivity contribution in [3.8, 4) is 0 Å². The van der Waals surface area contributed by atoms with Gasteiger partial charge in [0.25, 0.3) is 0 Å². The summed E-state index contributed by atoms with van der Waals surface area (Å²) in [6, 6.07) is 0. The molecule has 2 unspecified atom stereocenters. The van der Waals surface area contributed by atoms with Gasteiger partial charge in [-0.05, 0) is 49.4 Å². The molecule has 0 aromatic carbocycles. The molecule has 0 aromatic rings. The van der Waals surface area contributed by atoms with Crippen molar-refractivity contribution in [3.05, 3.63) is 11.1 Å². The van der Waals surface area contributed by atoms with Crippen LogP contribution in [0.5, 0.6) is 0 Å². The first-order valence-corrected chi connectivity index (χ1v) is 5.41. The minimum absolute atomic E-state index is 0.579. The van der Waals surface area contributed by atoms with Crippen molar-refractivity contribution < 1.29 is 0 Å². The molecule has 0 N–H and O–H groups in total. The molecule has 2 bridgehead atoms. The predicted octanol–water partition coefficient (Wildman–Crippen LogP) is 3.53. The molecular weight excluding hydrogens is 144 g/mol. The largest absolute Gasteiger partial charge is 0.0699 e. The fourth-order valence-corrected chi connectivity index (χ4v) is 3.98. The van der Waals surface area contributed by atoms with Crippen LogP contribution in [0.25, 0.3) is 0 Å². The molecule has 0 heteroatoms. The minimum Gasteiger partial charge on any atom is -0.0699 e. The Morgan fingerprint density at radius 3 is 2.83 bits per heavy atom. The van der Waals surface area contributed by atoms with Crippen LogP contribution in [0.1, 0.15) is 46.0 Å². The summed E-state index contributed by atoms with van der Waals surface area (Å²) in [6.45, 7) is 4.91. The average molecular weight is 162 g/mol. The molecule has 0 heterocycles. The van der Waals surface area contributed by atoms with Crippen LogP contribution >= 0.6 is 0 Å². The topological polar surface area (TPSA) is 0 Å². The highest BCUT2D eigenvalue weighted by Gasteiger charge is 2.48. The van der Waals surface area contributed by atoms with Crippen LogP contribution in [0.2, 0.25) is 0 Å². The number of hydrogen-bond acceptors (Lipinski definition) is 0. The molecule has 0 spiro atoms. The van der Waals surface area contributed by atoms with Crippen LogP contribution in [0.3, 0.4) is 0 Å². The Bertz CT molecular complexity index is 257. The number of fused-ring (bicyclic) bond motifs is 4. The molecule has 2 fully saturated rings. The third kappa shape index (κ3) is 0.694. The van der Waals surface area contributed by atoms with Gasteiger partial charge < -0.3 is 0 Å². The fraction of sp³-hybridized carbons (Fsp3) is 0.833. The lowest BCUT2D eigenvalue weighted by atomic mass is 9.80. The SMILES string of the molecule is CC1(C)CCC2C1=C1CCC2C1. The van der Waals surface area contributed by atoms with E-state index < -0.39 is 0 Å². The van der Waals surface area contributed by atoms with E-state index in [1.54, 1.807) is 0 Å². The van der Waals surface area contributed by atoms with E-state index in [1.165, 1.54) is 32.1 Å². The smallest absolute Gasteiger partial charge is 0.0139 e. The van der Waals surface area contributed by atoms with E-state index in [2.05, 4.69) is 13.8 Å². The van der Waals surface area contributed by atoms with Gasteiger partial charge in [-0.1, -0.05) is 25.0 Å². The molecule has 3 aliphatic rings. The lowest BCUT2D eigenvalue weighted by Gasteiger charge is -2.25. The maximum atomic E-state index is 2.45. The molecule has 0 nitrogen and oxygen atoms in total. The second-order valence-electron chi connectivity index (χ2n) is 5.55. The van der Waals surface area contributed by atoms with Crippen LogP contribution in [0, 0.1) is 17.3 Å². The number of allylic oxidation sites excluding steroid dienone is 2. The Labute approximate surface area is 75.0 Å². The summed E-state index contributed by atoms with van der Waals surface area (Å²) in [5.74, 6) is 2.11. The van der Waals surface area contributed by atoms with Crippen molar-refractivity contribution in [2.75, 3.05) is 0 Å². The molecule has 0 aliphatic heterocycles. The first kappa shape index (κ1) is 7.17. The molecular formula is C12H18. The average Bonchev–Trinajstić information content (AvgIpc) is 2.61. The van der Waals surface area contributed by atoms with Crippen molar-refractivity contribution >= 4 is 0 Å². The highest BCUT2D eigenvalue weighted by molar-refractivity contribution is 5.36. The van der Waals surface area contributed by atoms with Crippen LogP contribution in [-0.4, -0.2) is 0 Å². The minimum atomic E-state index is 0.579. The van der Waals surface area contributed by atoms with Crippen molar-refractivity contribution in [2.45, 2.75) is 46.0 Å². The summed E-state index contributed by atoms with van der Waals surface area (Å²) in [5.41, 5.74) is 4.35. The molecule has 0 aromatic heterocycles. The molecule has 0 saturated heterocycles. The van der Waals surface area contributed by atoms with Crippen LogP contribution in [0.4, 0.5) is 0 Å². The van der Waals surface area contributed by atoms with E-state index in [0.717, 1.165) is 11.8 Å². The van der Waals surface area contributed by atoms with Crippen molar-refractivity contribution in [2.24, 2.45) is 17.3 Å². The Kier molecular flexibility index (Phi) is 1.18. The molecule has 3 aliphatic carbocycles. The zero-order valence-corrected chi connectivity index (χ0v) is 8.19. The number of hydrogen-bond donors (Lipinski definition) is 0. The van der Waals surface area contributed by atoms with Crippen molar-refractivity contribution in [3.63, 3.8) is 0 Å². The second-order valence-corrected chi connectivity index (χ2v) is 5.55. The van der Waals surface area contributed by atoms with Gasteiger partial charge in [-0.15, -0.1) is 0 Å². The lowest BCUT2D eigenvalue weighted by molar-refractivity contribution is 0.409. The standard InChI is InChI=1S/C12H18/c1-12(2)6-5-10-8-3-4-9(7-8)11(10)12/h8,10H,3-7H2,1-2H3. The van der Waals surface area contributed by atoms with Gasteiger partial charge in [-0.25, -0.2) is 0 Å². The molecule has 2 atom stereocenters. The van der Waals surface area contributed by atoms with E-state index in [0.29, 0.717) is 5.41 Å². The normalized spacial score (nSPS) is 42.5. The van der Waals surface area contributed by atoms with Gasteiger partial charge >= 0.3 is 0 Å². The summed E-state index contributed by atoms with van der Waals surface area (Å²) < 4.78 is 0. The molecule has 0 radical (unpaired) electrons. The Hall–Kier alpha value is -0.260. The zero-order valence-electron chi connectivity index (χ0n) is 8.19. The Morgan fingerprint density at radius 1 is 1.25 bits per heavy atom. The van der Waals surface area contributed by atoms with E-state index in [-0.39, 0.29) is 0 Å². The van der Waals surface area contributed by atoms with Gasteiger partial charge in [0, 0.05) is 0 Å². The summed E-state index contributed by atoms with van der Waals surface area (Å²) in [7, 11) is 0. The van der Waals surface area contributed by atoms with Crippen LogP contribution < -0.4 is 0 Å². The van der Waals surface area contributed by atoms with Gasteiger partial charge in [0.2, 0.25) is 0 Å². The maximum absolute atomic E-state index is 2.45. The third-order valence-corrected chi connectivity index (χ3v) is 4.46. The van der Waals surface area contributed by atoms with Gasteiger partial charge in [0.05, 0.1) is 0 Å². The highest BCUT2D eigenvalue weighted by atomic mass is 14.5. The first-order chi connectivity index (χ1) is 5.68. The Morgan fingerprint density at radius 2 is 2.08 bits per heavy atom. The molecule has 0 amide bonds. The van der Waals surface area contributed by atoms with Gasteiger partial charge in [-0.3, -0.25) is 0 Å². The Balaban J connectivity index is 2.11. The second kappa shape index (κ2) is 1.97. The highest BCUT2D eigenvalue weighted by Crippen LogP contribution is 2.61. The number of rotatable bonds is 0.